The molecule has 0 spiro atoms. The Kier molecular flexibility index (Phi) is 3.48. The number of hydrogen-bond acceptors (Lipinski definition) is 1. The van der Waals surface area contributed by atoms with E-state index >= 15 is 4.39 Å². The van der Waals surface area contributed by atoms with Gasteiger partial charge in [0.2, 0.25) is 5.69 Å². The molecule has 2 aromatic heterocycles. The molecule has 29 heavy (non-hydrogen) atoms. The fourth-order valence-corrected chi connectivity index (χ4v) is 3.86. The first kappa shape index (κ1) is 15.7. The zero-order valence-corrected chi connectivity index (χ0v) is 17.1. The van der Waals surface area contributed by atoms with Gasteiger partial charge in [0.05, 0.1) is 17.7 Å². The van der Waals surface area contributed by atoms with Crippen LogP contribution in [0, 0.1) is 26.2 Å². The fraction of sp³-hybridized carbons (Fsp3) is 0.280. The molecule has 3 nitrogen and oxygen atoms in total. The summed E-state index contributed by atoms with van der Waals surface area (Å²) in [4.78, 5) is 3.41. The van der Waals surface area contributed by atoms with E-state index in [1.165, 1.54) is 12.1 Å². The summed E-state index contributed by atoms with van der Waals surface area (Å²) in [6.45, 7) is 12.7. The van der Waals surface area contributed by atoms with Crippen molar-refractivity contribution in [2.45, 2.75) is 40.0 Å². The Morgan fingerprint density at radius 1 is 1.17 bits per heavy atom. The van der Waals surface area contributed by atoms with Crippen LogP contribution in [0.25, 0.3) is 38.0 Å². The molecule has 0 aliphatic heterocycles. The lowest BCUT2D eigenvalue weighted by molar-refractivity contribution is -0.661. The minimum atomic E-state index is -2.41. The normalized spacial score (nSPS) is 13.9. The molecule has 0 saturated carbocycles. The van der Waals surface area contributed by atoms with Gasteiger partial charge in [-0.1, -0.05) is 39.0 Å². The molecule has 2 aromatic carbocycles. The molecule has 146 valence electrons. The third-order valence-electron chi connectivity index (χ3n) is 5.35. The van der Waals surface area contributed by atoms with Crippen molar-refractivity contribution in [1.82, 2.24) is 0 Å². The smallest absolute Gasteiger partial charge is 0.219 e. The van der Waals surface area contributed by atoms with Crippen molar-refractivity contribution in [1.29, 1.82) is 0 Å². The van der Waals surface area contributed by atoms with Gasteiger partial charge in [0.15, 0.2) is 11.9 Å². The summed E-state index contributed by atoms with van der Waals surface area (Å²) in [6.07, 6.45) is 1.79. The number of halogens is 1. The Bertz CT molecular complexity index is 1440. The van der Waals surface area contributed by atoms with Gasteiger partial charge in [-0.15, -0.1) is 0 Å². The van der Waals surface area contributed by atoms with Crippen molar-refractivity contribution in [2.75, 3.05) is 0 Å². The highest BCUT2D eigenvalue weighted by atomic mass is 19.1. The summed E-state index contributed by atoms with van der Waals surface area (Å²) in [5.41, 5.74) is 3.53. The predicted molar refractivity (Wildman–Crippen MR) is 115 cm³/mol. The molecule has 2 heterocycles. The number of pyridine rings is 1. The van der Waals surface area contributed by atoms with Gasteiger partial charge in [0, 0.05) is 21.0 Å². The maximum atomic E-state index is 15.1. The van der Waals surface area contributed by atoms with Gasteiger partial charge in [-0.25, -0.2) is 13.8 Å². The second-order valence-electron chi connectivity index (χ2n) is 8.50. The van der Waals surface area contributed by atoms with Crippen LogP contribution in [0.2, 0.25) is 0 Å². The highest BCUT2D eigenvalue weighted by molar-refractivity contribution is 6.11. The Morgan fingerprint density at radius 2 is 1.93 bits per heavy atom. The van der Waals surface area contributed by atoms with Gasteiger partial charge < -0.3 is 4.42 Å². The molecule has 0 bridgehead atoms. The molecular weight excluding hydrogens is 363 g/mol. The molecule has 0 fully saturated rings. The van der Waals surface area contributed by atoms with Crippen LogP contribution in [-0.4, -0.2) is 0 Å². The predicted octanol–water partition coefficient (Wildman–Crippen LogP) is 6.68. The molecule has 0 saturated heterocycles. The lowest BCUT2D eigenvalue weighted by atomic mass is 9.87. The third-order valence-corrected chi connectivity index (χ3v) is 5.35. The summed E-state index contributed by atoms with van der Waals surface area (Å²) in [5.74, 6) is -0.309. The lowest BCUT2D eigenvalue weighted by Crippen LogP contribution is -2.34. The topological polar surface area (TPSA) is 21.4 Å². The van der Waals surface area contributed by atoms with Gasteiger partial charge in [-0.2, -0.15) is 0 Å². The molecule has 0 N–H and O–H groups in total. The van der Waals surface area contributed by atoms with Crippen molar-refractivity contribution in [3.05, 3.63) is 70.5 Å². The molecule has 0 unspecified atom stereocenters. The van der Waals surface area contributed by atoms with Crippen LogP contribution in [0.3, 0.4) is 0 Å². The Balaban J connectivity index is 2.12. The molecular formula is C25H24FN2O+. The van der Waals surface area contributed by atoms with Gasteiger partial charge in [0.1, 0.15) is 24.0 Å². The molecule has 4 heteroatoms. The van der Waals surface area contributed by atoms with Gasteiger partial charge in [-0.3, -0.25) is 0 Å². The summed E-state index contributed by atoms with van der Waals surface area (Å²) in [7, 11) is 1.86. The number of furan rings is 1. The average Bonchev–Trinajstić information content (AvgIpc) is 3.05. The zero-order chi connectivity index (χ0) is 23.6. The van der Waals surface area contributed by atoms with Crippen molar-refractivity contribution in [3.63, 3.8) is 0 Å². The second kappa shape index (κ2) is 6.42. The van der Waals surface area contributed by atoms with E-state index in [-0.39, 0.29) is 22.5 Å². The summed E-state index contributed by atoms with van der Waals surface area (Å²) in [6, 6.07) is 8.17. The number of aromatic nitrogens is 1. The average molecular weight is 390 g/mol. The van der Waals surface area contributed by atoms with Crippen molar-refractivity contribution in [2.24, 2.45) is 7.05 Å². The quantitative estimate of drug-likeness (QED) is 0.262. The maximum Gasteiger partial charge on any atom is 0.219 e. The van der Waals surface area contributed by atoms with E-state index in [1.807, 2.05) is 51.4 Å². The Hall–Kier alpha value is -3.19. The van der Waals surface area contributed by atoms with Gasteiger partial charge in [-0.05, 0) is 36.4 Å². The second-order valence-corrected chi connectivity index (χ2v) is 8.50. The molecule has 0 aliphatic carbocycles. The van der Waals surface area contributed by atoms with Crippen molar-refractivity contribution < 1.29 is 17.5 Å². The minimum Gasteiger partial charge on any atom is -0.456 e. The number of rotatable bonds is 1. The molecule has 0 aliphatic rings. The first-order chi connectivity index (χ1) is 14.8. The van der Waals surface area contributed by atoms with E-state index in [9.17, 15) is 0 Å². The third kappa shape index (κ3) is 2.98. The summed E-state index contributed by atoms with van der Waals surface area (Å²) < 4.78 is 47.1. The standard InChI is InChI=1S/C25H24FN2O/c1-14-8-9-17-22-15(2)10-16(27-6)11-21(22)29-24(17)23(14)20-12-19(26)18(13-28(20)7)25(3,4)5/h8-13H,1-5,7H3/q+1/i2D3. The molecule has 0 radical (unpaired) electrons. The highest BCUT2D eigenvalue weighted by Gasteiger charge is 2.27. The summed E-state index contributed by atoms with van der Waals surface area (Å²) in [5, 5.41) is 1.09. The molecule has 0 amide bonds. The first-order valence-corrected chi connectivity index (χ1v) is 9.40. The number of hydrogen-bond donors (Lipinski definition) is 0. The minimum absolute atomic E-state index is 0.0770. The number of benzene rings is 2. The number of aryl methyl sites for hydroxylation is 3. The van der Waals surface area contributed by atoms with Crippen LogP contribution < -0.4 is 4.57 Å². The van der Waals surface area contributed by atoms with Crippen LogP contribution in [0.15, 0.2) is 40.9 Å². The largest absolute Gasteiger partial charge is 0.456 e. The van der Waals surface area contributed by atoms with Crippen LogP contribution >= 0.6 is 0 Å². The van der Waals surface area contributed by atoms with E-state index in [4.69, 9.17) is 15.1 Å². The van der Waals surface area contributed by atoms with E-state index in [0.29, 0.717) is 38.8 Å². The van der Waals surface area contributed by atoms with Gasteiger partial charge in [0.25, 0.3) is 0 Å². The van der Waals surface area contributed by atoms with E-state index < -0.39 is 6.85 Å². The van der Waals surface area contributed by atoms with Gasteiger partial charge >= 0.3 is 0 Å². The zero-order valence-electron chi connectivity index (χ0n) is 20.1. The number of nitrogens with zero attached hydrogens (tertiary/aromatic N) is 2. The SMILES string of the molecule is [2H]C([2H])([2H])c1cc([N+]#[C-])cc2oc3c(-c4cc(F)c(C(C)(C)C)c[n+]4C)c(C)ccc3c12. The van der Waals surface area contributed by atoms with Crippen LogP contribution in [0.4, 0.5) is 10.1 Å². The van der Waals surface area contributed by atoms with Crippen LogP contribution in [-0.2, 0) is 12.5 Å². The fourth-order valence-electron chi connectivity index (χ4n) is 3.86. The maximum absolute atomic E-state index is 15.1. The Labute approximate surface area is 174 Å². The van der Waals surface area contributed by atoms with Crippen LogP contribution in [0.1, 0.15) is 41.6 Å². The van der Waals surface area contributed by atoms with E-state index in [2.05, 4.69) is 4.85 Å². The highest BCUT2D eigenvalue weighted by Crippen LogP contribution is 2.40. The van der Waals surface area contributed by atoms with Crippen LogP contribution in [0.5, 0.6) is 0 Å². The monoisotopic (exact) mass is 390 g/mol. The van der Waals surface area contributed by atoms with Crippen molar-refractivity contribution in [3.8, 4) is 11.3 Å². The van der Waals surface area contributed by atoms with E-state index in [1.54, 1.807) is 12.3 Å². The lowest BCUT2D eigenvalue weighted by Gasteiger charge is -2.18. The molecule has 0 atom stereocenters. The molecule has 4 rings (SSSR count). The van der Waals surface area contributed by atoms with Crippen molar-refractivity contribution >= 4 is 27.6 Å². The van der Waals surface area contributed by atoms with E-state index in [0.717, 1.165) is 5.56 Å². The number of fused-ring (bicyclic) bond motifs is 3. The first-order valence-electron chi connectivity index (χ1n) is 10.9. The summed E-state index contributed by atoms with van der Waals surface area (Å²) >= 11 is 0. The Morgan fingerprint density at radius 3 is 2.59 bits per heavy atom. The molecule has 4 aromatic rings.